The van der Waals surface area contributed by atoms with Gasteiger partial charge < -0.3 is 24.6 Å². The molecule has 4 heterocycles. The van der Waals surface area contributed by atoms with Crippen molar-refractivity contribution in [3.8, 4) is 52.4 Å². The number of nitrogens with one attached hydrogen (secondary N) is 2. The van der Waals surface area contributed by atoms with Gasteiger partial charge >= 0.3 is 39.8 Å². The highest BCUT2D eigenvalue weighted by Gasteiger charge is 2.49. The Kier molecular flexibility index (Phi) is 14.0. The van der Waals surface area contributed by atoms with E-state index in [1.165, 1.54) is 17.4 Å². The molecular weight excluding hydrogens is 1050 g/mol. The van der Waals surface area contributed by atoms with Crippen LogP contribution in [0, 0.1) is 24.2 Å². The number of hydrogen-bond donors (Lipinski definition) is 2. The predicted molar refractivity (Wildman–Crippen MR) is 265 cm³/mol. The molecule has 10 rings (SSSR count). The van der Waals surface area contributed by atoms with E-state index in [1.807, 2.05) is 90.7 Å². The summed E-state index contributed by atoms with van der Waals surface area (Å²) in [6.45, 7) is -0.823. The molecule has 0 unspecified atom stereocenters. The molecule has 2 N–H and O–H groups in total. The van der Waals surface area contributed by atoms with Gasteiger partial charge in [0.2, 0.25) is 0 Å². The molecule has 23 heteroatoms. The molecule has 2 amide bonds. The van der Waals surface area contributed by atoms with Gasteiger partial charge in [0.25, 0.3) is 0 Å². The van der Waals surface area contributed by atoms with E-state index in [9.17, 15) is 57.5 Å². The summed E-state index contributed by atoms with van der Waals surface area (Å²) in [5.41, 5.74) is 2.81. The van der Waals surface area contributed by atoms with Gasteiger partial charge in [-0.3, -0.25) is 9.59 Å². The molecule has 11 nitrogen and oxygen atoms in total. The van der Waals surface area contributed by atoms with Crippen LogP contribution in [0.15, 0.2) is 109 Å². The molecule has 378 valence electrons. The molecule has 0 saturated carbocycles. The van der Waals surface area contributed by atoms with Gasteiger partial charge in [0.15, 0.2) is 0 Å². The zero-order valence-electron chi connectivity index (χ0n) is 37.8. The number of terminal acetylenes is 1. The Balaban J connectivity index is 0.000000167. The minimum atomic E-state index is -5.84. The lowest BCUT2D eigenvalue weighted by atomic mass is 9.92. The number of rotatable bonds is 4. The van der Waals surface area contributed by atoms with E-state index in [4.69, 9.17) is 33.2 Å². The van der Waals surface area contributed by atoms with Crippen LogP contribution >= 0.6 is 23.2 Å². The summed E-state index contributed by atoms with van der Waals surface area (Å²) in [6, 6.07) is 32.1. The van der Waals surface area contributed by atoms with E-state index in [2.05, 4.69) is 22.4 Å². The van der Waals surface area contributed by atoms with E-state index in [1.54, 1.807) is 41.5 Å². The number of pyridine rings is 2. The number of nitrogens with zero attached hydrogens (tertiary/aromatic N) is 4. The van der Waals surface area contributed by atoms with Gasteiger partial charge in [0.05, 0.1) is 58.3 Å². The number of carbonyl (C=O) groups is 2. The summed E-state index contributed by atoms with van der Waals surface area (Å²) in [4.78, 5) is 34.4. The van der Waals surface area contributed by atoms with Crippen molar-refractivity contribution in [1.29, 1.82) is 0 Å². The SMILES string of the molecule is C#CCNC(=O)C(F)(F)F.CN1c2ccccc2-c2nc3ccc(Cl)cc3c3cc(C#CCNC(=O)C(F)(F)F)cc1c23.CN1c2ccccc2-c2nc3ccc(Cl)cc3c3cc(OS(=O)(=O)C(F)(F)F)cc1c23. The first-order chi connectivity index (χ1) is 34.8. The molecule has 6 aromatic carbocycles. The van der Waals surface area contributed by atoms with Gasteiger partial charge in [0.1, 0.15) is 5.75 Å². The van der Waals surface area contributed by atoms with Gasteiger partial charge in [-0.25, -0.2) is 9.97 Å². The van der Waals surface area contributed by atoms with Crippen LogP contribution in [0.5, 0.6) is 5.75 Å². The Bertz CT molecular complexity index is 3850. The minimum Gasteiger partial charge on any atom is -0.376 e. The number of carbonyl (C=O) groups excluding carboxylic acids is 2. The fourth-order valence-electron chi connectivity index (χ4n) is 8.15. The molecule has 0 aliphatic carbocycles. The molecule has 8 aromatic rings. The number of alkyl halides is 9. The van der Waals surface area contributed by atoms with Gasteiger partial charge in [-0.05, 0) is 77.5 Å². The summed E-state index contributed by atoms with van der Waals surface area (Å²) in [5, 5.41) is 8.60. The number of anilines is 4. The quantitative estimate of drug-likeness (QED) is 0.0581. The molecule has 74 heavy (non-hydrogen) atoms. The minimum absolute atomic E-state index is 0.404. The van der Waals surface area contributed by atoms with Crippen LogP contribution in [-0.4, -0.2) is 75.2 Å². The largest absolute Gasteiger partial charge is 0.534 e. The Hall–Kier alpha value is -7.98. The number of benzene rings is 6. The molecular formula is C51H31Cl2F9N6O5S. The van der Waals surface area contributed by atoms with Crippen LogP contribution in [0.1, 0.15) is 5.56 Å². The molecule has 0 bridgehead atoms. The first kappa shape index (κ1) is 52.3. The van der Waals surface area contributed by atoms with Crippen LogP contribution in [0.2, 0.25) is 10.0 Å². The molecule has 0 radical (unpaired) electrons. The van der Waals surface area contributed by atoms with Gasteiger partial charge in [-0.1, -0.05) is 77.4 Å². The maximum atomic E-state index is 12.9. The van der Waals surface area contributed by atoms with Crippen molar-refractivity contribution in [2.24, 2.45) is 0 Å². The highest BCUT2D eigenvalue weighted by atomic mass is 35.5. The highest BCUT2D eigenvalue weighted by molar-refractivity contribution is 7.88. The Morgan fingerprint density at radius 2 is 1.08 bits per heavy atom. The van der Waals surface area contributed by atoms with Gasteiger partial charge in [-0.15, -0.1) is 6.42 Å². The van der Waals surface area contributed by atoms with Gasteiger partial charge in [-0.2, -0.15) is 47.9 Å². The van der Waals surface area contributed by atoms with Crippen LogP contribution < -0.4 is 24.6 Å². The summed E-state index contributed by atoms with van der Waals surface area (Å²) in [5.74, 6) is 2.84. The van der Waals surface area contributed by atoms with E-state index >= 15 is 0 Å². The lowest BCUT2D eigenvalue weighted by Crippen LogP contribution is -2.36. The van der Waals surface area contributed by atoms with Crippen LogP contribution in [0.25, 0.3) is 65.9 Å². The van der Waals surface area contributed by atoms with Crippen LogP contribution in [0.4, 0.5) is 62.3 Å². The fraction of sp³-hybridized carbons (Fsp3) is 0.137. The number of hydrogen-bond acceptors (Lipinski definition) is 9. The average Bonchev–Trinajstić information content (AvgIpc) is 3.34. The Morgan fingerprint density at radius 3 is 1.55 bits per heavy atom. The van der Waals surface area contributed by atoms with Crippen molar-refractivity contribution in [3.63, 3.8) is 0 Å². The second-order valence-corrected chi connectivity index (χ2v) is 18.4. The third kappa shape index (κ3) is 10.3. The molecule has 0 fully saturated rings. The van der Waals surface area contributed by atoms with Crippen LogP contribution in [0.3, 0.4) is 0 Å². The van der Waals surface area contributed by atoms with Gasteiger partial charge in [0, 0.05) is 68.4 Å². The zero-order valence-corrected chi connectivity index (χ0v) is 40.1. The van der Waals surface area contributed by atoms with Crippen LogP contribution in [-0.2, 0) is 19.7 Å². The maximum absolute atomic E-state index is 12.9. The third-order valence-corrected chi connectivity index (χ3v) is 12.8. The second-order valence-electron chi connectivity index (χ2n) is 16.0. The Morgan fingerprint density at radius 1 is 0.622 bits per heavy atom. The highest BCUT2D eigenvalue weighted by Crippen LogP contribution is 2.51. The molecule has 2 aromatic heterocycles. The normalized spacial score (nSPS) is 12.5. The zero-order chi connectivity index (χ0) is 53.7. The monoisotopic (exact) mass is 1080 g/mol. The van der Waals surface area contributed by atoms with E-state index in [0.29, 0.717) is 48.7 Å². The lowest BCUT2D eigenvalue weighted by Gasteiger charge is -2.30. The molecule has 2 aliphatic heterocycles. The predicted octanol–water partition coefficient (Wildman–Crippen LogP) is 12.1. The summed E-state index contributed by atoms with van der Waals surface area (Å²) >= 11 is 12.4. The second kappa shape index (κ2) is 19.8. The Labute approximate surface area is 423 Å². The molecule has 0 atom stereocenters. The number of para-hydroxylation sites is 2. The number of halogens is 11. The molecule has 0 spiro atoms. The third-order valence-electron chi connectivity index (χ3n) is 11.3. The number of aromatic nitrogens is 2. The first-order valence-corrected chi connectivity index (χ1v) is 23.4. The molecule has 2 aliphatic rings. The standard InChI is InChI=1S/C25H15ClF3N3O.C21H12ClF3N2O3S.C5H4F3NO/c1-32-20-7-3-2-6-16(20)23-22-18(17-13-15(26)8-9-19(17)31-23)11-14(12-21(22)32)5-4-10-30-24(33)25(27,28)29;1-27-17-5-3-2-4-13(17)20-19-15(14-8-11(22)6-7-16(14)26-20)9-12(10-18(19)27)30-31(28,29)21(23,24)25;1-2-3-9-4(10)5(6,7)8/h2-3,6-9,11-13H,10H2,1H3,(H,30,33);2-10H,1H3;1H,3H2,(H,9,10). The molecule has 0 saturated heterocycles. The van der Waals surface area contributed by atoms with E-state index in [0.717, 1.165) is 55.6 Å². The van der Waals surface area contributed by atoms with Crippen molar-refractivity contribution in [2.75, 3.05) is 37.0 Å². The average molecular weight is 1080 g/mol. The topological polar surface area (TPSA) is 134 Å². The van der Waals surface area contributed by atoms with Crippen molar-refractivity contribution in [1.82, 2.24) is 20.6 Å². The first-order valence-electron chi connectivity index (χ1n) is 21.2. The van der Waals surface area contributed by atoms with Crippen molar-refractivity contribution in [3.05, 3.63) is 125 Å². The number of fused-ring (bicyclic) bond motifs is 8. The smallest absolute Gasteiger partial charge is 0.376 e. The van der Waals surface area contributed by atoms with Crippen molar-refractivity contribution in [2.45, 2.75) is 17.9 Å². The summed E-state index contributed by atoms with van der Waals surface area (Å²) in [7, 11) is -2.16. The van der Waals surface area contributed by atoms with E-state index in [-0.39, 0.29) is 0 Å². The summed E-state index contributed by atoms with van der Waals surface area (Å²) in [6.07, 6.45) is -5.19. The fourth-order valence-corrected chi connectivity index (χ4v) is 8.94. The maximum Gasteiger partial charge on any atom is 0.534 e. The van der Waals surface area contributed by atoms with E-state index < -0.39 is 58.6 Å². The van der Waals surface area contributed by atoms with Crippen molar-refractivity contribution >= 4 is 111 Å². The lowest BCUT2D eigenvalue weighted by molar-refractivity contribution is -0.173. The summed E-state index contributed by atoms with van der Waals surface area (Å²) < 4.78 is 138. The van der Waals surface area contributed by atoms with Crippen molar-refractivity contribution < 1.29 is 61.7 Å². The number of amides is 2.